The lowest BCUT2D eigenvalue weighted by molar-refractivity contribution is -0.119. The third-order valence-electron chi connectivity index (χ3n) is 7.11. The minimum absolute atomic E-state index is 0.180. The minimum atomic E-state index is -0.769. The predicted octanol–water partition coefficient (Wildman–Crippen LogP) is 5.97. The summed E-state index contributed by atoms with van der Waals surface area (Å²) in [5, 5.41) is 3.02. The van der Waals surface area contributed by atoms with Crippen LogP contribution >= 0.6 is 0 Å². The number of carbonyl (C=O) groups excluding carboxylic acids is 2. The van der Waals surface area contributed by atoms with E-state index in [0.717, 1.165) is 11.1 Å². The molecule has 0 unspecified atom stereocenters. The number of benzene rings is 4. The molecule has 7 nitrogen and oxygen atoms in total. The van der Waals surface area contributed by atoms with Gasteiger partial charge < -0.3 is 24.4 Å². The maximum absolute atomic E-state index is 14.2. The molecule has 0 fully saturated rings. The number of fused-ring (bicyclic) bond motifs is 1. The summed E-state index contributed by atoms with van der Waals surface area (Å²) in [5.74, 6) is 0.0218. The normalized spacial score (nSPS) is 16.2. The van der Waals surface area contributed by atoms with Crippen LogP contribution in [0.5, 0.6) is 17.2 Å². The molecule has 0 aliphatic carbocycles. The highest BCUT2D eigenvalue weighted by atomic mass is 19.1. The van der Waals surface area contributed by atoms with Gasteiger partial charge in [-0.3, -0.25) is 9.59 Å². The molecule has 0 bridgehead atoms. The van der Waals surface area contributed by atoms with Crippen LogP contribution in [0.2, 0.25) is 0 Å². The first kappa shape index (κ1) is 26.7. The SMILES string of the molecule is COc1ccc([C@@H]2[C@H](C(=O)Nc3ccc(OC)cc3OC)c3ccccc3C(=O)N2Cc2ccc(F)cc2)cc1. The molecule has 1 heterocycles. The molecule has 0 radical (unpaired) electrons. The van der Waals surface area contributed by atoms with Gasteiger partial charge >= 0.3 is 0 Å². The maximum atomic E-state index is 14.2. The Kier molecular flexibility index (Phi) is 7.68. The Morgan fingerprint density at radius 2 is 1.52 bits per heavy atom. The van der Waals surface area contributed by atoms with Gasteiger partial charge in [0.2, 0.25) is 5.91 Å². The largest absolute Gasteiger partial charge is 0.497 e. The highest BCUT2D eigenvalue weighted by Crippen LogP contribution is 2.45. The van der Waals surface area contributed by atoms with Gasteiger partial charge in [0.25, 0.3) is 5.91 Å². The topological polar surface area (TPSA) is 77.1 Å². The molecule has 4 aromatic carbocycles. The van der Waals surface area contributed by atoms with Crippen LogP contribution in [0.3, 0.4) is 0 Å². The van der Waals surface area contributed by atoms with Crippen LogP contribution in [0.4, 0.5) is 10.1 Å². The summed E-state index contributed by atoms with van der Waals surface area (Å²) < 4.78 is 29.8. The van der Waals surface area contributed by atoms with Crippen molar-refractivity contribution in [3.05, 3.63) is 119 Å². The van der Waals surface area contributed by atoms with E-state index in [1.807, 2.05) is 24.3 Å². The molecule has 0 saturated heterocycles. The number of nitrogens with zero attached hydrogens (tertiary/aromatic N) is 1. The summed E-state index contributed by atoms with van der Waals surface area (Å²) >= 11 is 0. The Bertz CT molecular complexity index is 1520. The number of nitrogens with one attached hydrogen (secondary N) is 1. The van der Waals surface area contributed by atoms with E-state index in [9.17, 15) is 14.0 Å². The Balaban J connectivity index is 1.63. The van der Waals surface area contributed by atoms with Crippen LogP contribution < -0.4 is 19.5 Å². The van der Waals surface area contributed by atoms with Crippen LogP contribution in [0.15, 0.2) is 91.0 Å². The molecule has 8 heteroatoms. The van der Waals surface area contributed by atoms with E-state index in [1.54, 1.807) is 73.7 Å². The molecule has 1 aliphatic heterocycles. The van der Waals surface area contributed by atoms with Gasteiger partial charge in [-0.25, -0.2) is 4.39 Å². The van der Waals surface area contributed by atoms with Crippen LogP contribution in [0.25, 0.3) is 0 Å². The number of hydrogen-bond donors (Lipinski definition) is 1. The zero-order valence-corrected chi connectivity index (χ0v) is 22.4. The summed E-state index contributed by atoms with van der Waals surface area (Å²) in [6.45, 7) is 0.180. The smallest absolute Gasteiger partial charge is 0.255 e. The van der Waals surface area contributed by atoms with Crippen LogP contribution in [-0.4, -0.2) is 38.0 Å². The fourth-order valence-electron chi connectivity index (χ4n) is 5.12. The third-order valence-corrected chi connectivity index (χ3v) is 7.11. The van der Waals surface area contributed by atoms with Crippen molar-refractivity contribution < 1.29 is 28.2 Å². The van der Waals surface area contributed by atoms with E-state index in [4.69, 9.17) is 14.2 Å². The standard InChI is InChI=1S/C32H29FN2O5/c1-38-23-14-10-21(11-15-23)30-29(31(36)34-27-17-16-24(39-2)18-28(27)40-3)25-6-4-5-7-26(25)32(37)35(30)19-20-8-12-22(33)13-9-20/h4-18,29-30H,19H2,1-3H3,(H,34,36)/t29-,30-/m1/s1. The van der Waals surface area contributed by atoms with E-state index >= 15 is 0 Å². The monoisotopic (exact) mass is 540 g/mol. The summed E-state index contributed by atoms with van der Waals surface area (Å²) in [5.41, 5.74) is 3.03. The number of anilines is 1. The summed E-state index contributed by atoms with van der Waals surface area (Å²) in [6, 6.07) is 25.0. The van der Waals surface area contributed by atoms with Crippen molar-refractivity contribution in [2.75, 3.05) is 26.6 Å². The second-order valence-electron chi connectivity index (χ2n) is 9.40. The molecule has 0 spiro atoms. The van der Waals surface area contributed by atoms with E-state index in [0.29, 0.717) is 34.1 Å². The number of hydrogen-bond acceptors (Lipinski definition) is 5. The molecule has 2 amide bonds. The number of amides is 2. The number of methoxy groups -OCH3 is 3. The Labute approximate surface area is 232 Å². The van der Waals surface area contributed by atoms with Gasteiger partial charge in [0.05, 0.1) is 39.0 Å². The quantitative estimate of drug-likeness (QED) is 0.298. The maximum Gasteiger partial charge on any atom is 0.255 e. The molecule has 40 heavy (non-hydrogen) atoms. The van der Waals surface area contributed by atoms with Crippen molar-refractivity contribution in [3.8, 4) is 17.2 Å². The highest BCUT2D eigenvalue weighted by Gasteiger charge is 2.44. The number of ether oxygens (including phenoxy) is 3. The number of carbonyl (C=O) groups is 2. The average Bonchev–Trinajstić information content (AvgIpc) is 2.99. The lowest BCUT2D eigenvalue weighted by Gasteiger charge is -2.42. The molecule has 5 rings (SSSR count). The Morgan fingerprint density at radius 3 is 2.20 bits per heavy atom. The van der Waals surface area contributed by atoms with E-state index < -0.39 is 12.0 Å². The van der Waals surface area contributed by atoms with E-state index in [2.05, 4.69) is 5.32 Å². The molecule has 1 N–H and O–H groups in total. The molecular formula is C32H29FN2O5. The van der Waals surface area contributed by atoms with Gasteiger partial charge in [0.15, 0.2) is 0 Å². The second kappa shape index (κ2) is 11.5. The molecule has 2 atom stereocenters. The fraction of sp³-hybridized carbons (Fsp3) is 0.188. The molecule has 0 aromatic heterocycles. The van der Waals surface area contributed by atoms with Crippen molar-refractivity contribution >= 4 is 17.5 Å². The van der Waals surface area contributed by atoms with Crippen molar-refractivity contribution in [2.24, 2.45) is 0 Å². The van der Waals surface area contributed by atoms with Gasteiger partial charge in [-0.15, -0.1) is 0 Å². The van der Waals surface area contributed by atoms with Crippen molar-refractivity contribution in [1.29, 1.82) is 0 Å². The zero-order chi connectivity index (χ0) is 28.2. The molecule has 0 saturated carbocycles. The second-order valence-corrected chi connectivity index (χ2v) is 9.40. The predicted molar refractivity (Wildman–Crippen MR) is 149 cm³/mol. The minimum Gasteiger partial charge on any atom is -0.497 e. The Morgan fingerprint density at radius 1 is 0.850 bits per heavy atom. The van der Waals surface area contributed by atoms with Gasteiger partial charge in [-0.2, -0.15) is 0 Å². The van der Waals surface area contributed by atoms with Crippen LogP contribution in [0.1, 0.15) is 39.0 Å². The lowest BCUT2D eigenvalue weighted by atomic mass is 9.79. The van der Waals surface area contributed by atoms with Gasteiger partial charge in [-0.1, -0.05) is 42.5 Å². The fourth-order valence-corrected chi connectivity index (χ4v) is 5.12. The first-order chi connectivity index (χ1) is 19.4. The summed E-state index contributed by atoms with van der Waals surface area (Å²) in [6.07, 6.45) is 0. The zero-order valence-electron chi connectivity index (χ0n) is 22.4. The molecule has 4 aromatic rings. The molecular weight excluding hydrogens is 511 g/mol. The molecule has 204 valence electrons. The average molecular weight is 541 g/mol. The first-order valence-electron chi connectivity index (χ1n) is 12.7. The van der Waals surface area contributed by atoms with Gasteiger partial charge in [0.1, 0.15) is 23.1 Å². The highest BCUT2D eigenvalue weighted by molar-refractivity contribution is 6.04. The van der Waals surface area contributed by atoms with Crippen molar-refractivity contribution in [1.82, 2.24) is 4.90 Å². The number of halogens is 1. The van der Waals surface area contributed by atoms with E-state index in [1.165, 1.54) is 19.2 Å². The third kappa shape index (κ3) is 5.20. The van der Waals surface area contributed by atoms with Crippen LogP contribution in [0, 0.1) is 5.82 Å². The summed E-state index contributed by atoms with van der Waals surface area (Å²) in [7, 11) is 4.65. The van der Waals surface area contributed by atoms with Crippen molar-refractivity contribution in [2.45, 2.75) is 18.5 Å². The molecule has 1 aliphatic rings. The Hall–Kier alpha value is -4.85. The first-order valence-corrected chi connectivity index (χ1v) is 12.7. The van der Waals surface area contributed by atoms with E-state index in [-0.39, 0.29) is 24.2 Å². The summed E-state index contributed by atoms with van der Waals surface area (Å²) in [4.78, 5) is 29.8. The lowest BCUT2D eigenvalue weighted by Crippen LogP contribution is -2.45. The number of rotatable bonds is 8. The van der Waals surface area contributed by atoms with Crippen molar-refractivity contribution in [3.63, 3.8) is 0 Å². The van der Waals surface area contributed by atoms with Gasteiger partial charge in [0, 0.05) is 18.2 Å². The van der Waals surface area contributed by atoms with Gasteiger partial charge in [-0.05, 0) is 59.2 Å². The van der Waals surface area contributed by atoms with Crippen LogP contribution in [-0.2, 0) is 11.3 Å².